The van der Waals surface area contributed by atoms with Crippen LogP contribution >= 0.6 is 0 Å². The molecule has 12 nitrogen and oxygen atoms in total. The molecule has 2 heterocycles. The van der Waals surface area contributed by atoms with Crippen LogP contribution in [0.3, 0.4) is 0 Å². The van der Waals surface area contributed by atoms with Crippen LogP contribution in [0.1, 0.15) is 51.4 Å². The molecule has 2 saturated carbocycles. The van der Waals surface area contributed by atoms with Crippen LogP contribution in [0.2, 0.25) is 0 Å². The Bertz CT molecular complexity index is 1500. The molecular weight excluding hydrogens is 548 g/mol. The molecule has 2 aromatic carbocycles. The van der Waals surface area contributed by atoms with Crippen LogP contribution in [0.4, 0.5) is 11.4 Å². The topological polar surface area (TPSA) is 212 Å². The van der Waals surface area contributed by atoms with E-state index in [9.17, 15) is 9.59 Å². The van der Waals surface area contributed by atoms with Gasteiger partial charge in [-0.1, -0.05) is 0 Å². The van der Waals surface area contributed by atoms with Gasteiger partial charge in [-0.2, -0.15) is 0 Å². The predicted molar refractivity (Wildman–Crippen MR) is 160 cm³/mol. The van der Waals surface area contributed by atoms with E-state index < -0.39 is 11.3 Å². The first kappa shape index (κ1) is 32.1. The monoisotopic (exact) mass is 586 g/mol. The summed E-state index contributed by atoms with van der Waals surface area (Å²) in [4.78, 5) is 23.1. The van der Waals surface area contributed by atoms with E-state index in [1.165, 1.54) is 12.1 Å². The van der Waals surface area contributed by atoms with Gasteiger partial charge >= 0.3 is 11.3 Å². The van der Waals surface area contributed by atoms with Crippen LogP contribution < -0.4 is 41.7 Å². The quantitative estimate of drug-likeness (QED) is 0.312. The van der Waals surface area contributed by atoms with E-state index in [1.54, 1.807) is 38.5 Å². The third kappa shape index (κ3) is 6.72. The Morgan fingerprint density at radius 2 is 1.00 bits per heavy atom. The fourth-order valence-electron chi connectivity index (χ4n) is 5.31. The Kier molecular flexibility index (Phi) is 10.7. The van der Waals surface area contributed by atoms with Crippen LogP contribution in [0, 0.1) is 0 Å². The van der Waals surface area contributed by atoms with Gasteiger partial charge in [0.25, 0.3) is 0 Å². The van der Waals surface area contributed by atoms with E-state index in [-0.39, 0.29) is 23.2 Å². The van der Waals surface area contributed by atoms with E-state index in [2.05, 4.69) is 0 Å². The Morgan fingerprint density at radius 1 is 0.643 bits per heavy atom. The molecule has 6 rings (SSSR count). The van der Waals surface area contributed by atoms with Crippen molar-refractivity contribution in [3.63, 3.8) is 0 Å². The lowest BCUT2D eigenvalue weighted by Crippen LogP contribution is -2.12. The molecule has 0 saturated heterocycles. The van der Waals surface area contributed by atoms with Gasteiger partial charge in [0, 0.05) is 34.3 Å². The van der Waals surface area contributed by atoms with Gasteiger partial charge in [-0.3, -0.25) is 0 Å². The number of hydrogen-bond donors (Lipinski definition) is 2. The molecule has 4 aromatic rings. The van der Waals surface area contributed by atoms with Crippen molar-refractivity contribution in [2.75, 3.05) is 25.7 Å². The second-order valence-corrected chi connectivity index (χ2v) is 10.0. The van der Waals surface area contributed by atoms with Crippen LogP contribution in [0.15, 0.2) is 54.8 Å². The number of anilines is 2. The Balaban J connectivity index is 0.000000220. The highest BCUT2D eigenvalue weighted by molar-refractivity contribution is 5.94. The second-order valence-electron chi connectivity index (χ2n) is 10.0. The summed E-state index contributed by atoms with van der Waals surface area (Å²) in [5.41, 5.74) is 12.3. The number of nitrogens with two attached hydrogens (primary N) is 2. The third-order valence-electron chi connectivity index (χ3n) is 7.34. The van der Waals surface area contributed by atoms with E-state index in [4.69, 9.17) is 39.2 Å². The SMILES string of the molecule is COc1ccc2c(N)cc(=O)oc2c1OC1CCCC1.COc1ccc2c(N)cc(=O)oc2c1OC1CCCC1.O.O. The minimum atomic E-state index is -0.487. The molecule has 0 radical (unpaired) electrons. The summed E-state index contributed by atoms with van der Waals surface area (Å²) in [5, 5.41) is 1.33. The third-order valence-corrected chi connectivity index (χ3v) is 7.34. The maximum Gasteiger partial charge on any atom is 0.338 e. The van der Waals surface area contributed by atoms with Crippen molar-refractivity contribution in [2.45, 2.75) is 63.6 Å². The number of methoxy groups -OCH3 is 2. The first-order chi connectivity index (χ1) is 19.4. The molecule has 0 aliphatic heterocycles. The van der Waals surface area contributed by atoms with Crippen molar-refractivity contribution in [1.29, 1.82) is 0 Å². The van der Waals surface area contributed by atoms with E-state index in [0.29, 0.717) is 56.3 Å². The normalized spacial score (nSPS) is 14.9. The second kappa shape index (κ2) is 14.0. The molecule has 42 heavy (non-hydrogen) atoms. The average Bonchev–Trinajstić information content (AvgIpc) is 3.64. The van der Waals surface area contributed by atoms with Gasteiger partial charge < -0.3 is 50.2 Å². The zero-order valence-corrected chi connectivity index (χ0v) is 23.7. The zero-order chi connectivity index (χ0) is 28.2. The van der Waals surface area contributed by atoms with Crippen molar-refractivity contribution >= 4 is 33.3 Å². The molecule has 0 amide bonds. The lowest BCUT2D eigenvalue weighted by atomic mass is 10.2. The number of ether oxygens (including phenoxy) is 4. The Morgan fingerprint density at radius 3 is 1.33 bits per heavy atom. The minimum Gasteiger partial charge on any atom is -0.493 e. The van der Waals surface area contributed by atoms with Gasteiger partial charge in [0.15, 0.2) is 22.7 Å². The van der Waals surface area contributed by atoms with Crippen LogP contribution in [0.5, 0.6) is 23.0 Å². The van der Waals surface area contributed by atoms with Crippen LogP contribution in [0.25, 0.3) is 21.9 Å². The average molecular weight is 587 g/mol. The fourth-order valence-corrected chi connectivity index (χ4v) is 5.31. The number of fused-ring (bicyclic) bond motifs is 2. The summed E-state index contributed by atoms with van der Waals surface area (Å²) >= 11 is 0. The zero-order valence-electron chi connectivity index (χ0n) is 23.7. The number of nitrogen functional groups attached to an aromatic ring is 2. The van der Waals surface area contributed by atoms with Gasteiger partial charge in [0.2, 0.25) is 11.5 Å². The maximum absolute atomic E-state index is 11.6. The highest BCUT2D eigenvalue weighted by Gasteiger charge is 2.23. The van der Waals surface area contributed by atoms with Gasteiger partial charge in [0.1, 0.15) is 0 Å². The van der Waals surface area contributed by atoms with E-state index in [0.717, 1.165) is 51.4 Å². The summed E-state index contributed by atoms with van der Waals surface area (Å²) < 4.78 is 33.2. The molecule has 2 aliphatic carbocycles. The number of hydrogen-bond acceptors (Lipinski definition) is 10. The van der Waals surface area contributed by atoms with Crippen molar-refractivity contribution in [3.05, 3.63) is 57.2 Å². The summed E-state index contributed by atoms with van der Waals surface area (Å²) in [7, 11) is 3.13. The molecule has 0 atom stereocenters. The molecular formula is C30H38N2O10. The van der Waals surface area contributed by atoms with Crippen molar-refractivity contribution in [3.8, 4) is 23.0 Å². The smallest absolute Gasteiger partial charge is 0.338 e. The summed E-state index contributed by atoms with van der Waals surface area (Å²) in [6, 6.07) is 9.65. The molecule has 0 spiro atoms. The van der Waals surface area contributed by atoms with Crippen LogP contribution in [-0.2, 0) is 0 Å². The molecule has 12 heteroatoms. The van der Waals surface area contributed by atoms with Gasteiger partial charge in [-0.25, -0.2) is 9.59 Å². The van der Waals surface area contributed by atoms with E-state index in [1.807, 2.05) is 0 Å². The molecule has 228 valence electrons. The van der Waals surface area contributed by atoms with Crippen molar-refractivity contribution in [2.24, 2.45) is 0 Å². The number of rotatable bonds is 6. The molecule has 2 fully saturated rings. The van der Waals surface area contributed by atoms with Crippen molar-refractivity contribution < 1.29 is 38.7 Å². The number of benzene rings is 2. The van der Waals surface area contributed by atoms with Gasteiger partial charge in [0.05, 0.1) is 26.4 Å². The van der Waals surface area contributed by atoms with Gasteiger partial charge in [-0.05, 0) is 75.6 Å². The molecule has 2 aromatic heterocycles. The first-order valence-corrected chi connectivity index (χ1v) is 13.5. The standard InChI is InChI=1S/2C15H17NO4.2H2O/c2*1-18-12-7-6-10-11(16)8-13(17)20-14(10)15(12)19-9-4-2-3-5-9;;/h2*6-9H,2-5,16H2,1H3;2*1H2. The first-order valence-electron chi connectivity index (χ1n) is 13.5. The van der Waals surface area contributed by atoms with Crippen molar-refractivity contribution in [1.82, 2.24) is 0 Å². The summed E-state index contributed by atoms with van der Waals surface area (Å²) in [6.45, 7) is 0. The molecule has 0 bridgehead atoms. The van der Waals surface area contributed by atoms with E-state index >= 15 is 0 Å². The molecule has 0 unspecified atom stereocenters. The summed E-state index contributed by atoms with van der Waals surface area (Å²) in [5.74, 6) is 2.05. The fraction of sp³-hybridized carbons (Fsp3) is 0.400. The maximum atomic E-state index is 11.6. The van der Waals surface area contributed by atoms with Crippen LogP contribution in [-0.4, -0.2) is 37.4 Å². The molecule has 2 aliphatic rings. The molecule has 8 N–H and O–H groups in total. The highest BCUT2D eigenvalue weighted by atomic mass is 16.5. The lowest BCUT2D eigenvalue weighted by molar-refractivity contribution is 0.200. The largest absolute Gasteiger partial charge is 0.493 e. The van der Waals surface area contributed by atoms with Gasteiger partial charge in [-0.15, -0.1) is 0 Å². The minimum absolute atomic E-state index is 0. The highest BCUT2D eigenvalue weighted by Crippen LogP contribution is 2.40. The lowest BCUT2D eigenvalue weighted by Gasteiger charge is -2.17. The predicted octanol–water partition coefficient (Wildman–Crippen LogP) is 3.76. The Hall–Kier alpha value is -4.42. The summed E-state index contributed by atoms with van der Waals surface area (Å²) in [6.07, 6.45) is 8.93. The Labute approximate surface area is 241 Å².